The summed E-state index contributed by atoms with van der Waals surface area (Å²) in [6.45, 7) is 2.69. The summed E-state index contributed by atoms with van der Waals surface area (Å²) >= 11 is 1.37. The van der Waals surface area contributed by atoms with Crippen LogP contribution in [0.3, 0.4) is 0 Å². The molecule has 0 aliphatic rings. The van der Waals surface area contributed by atoms with Gasteiger partial charge in [0.05, 0.1) is 6.54 Å². The van der Waals surface area contributed by atoms with E-state index in [-0.39, 0.29) is 0 Å². The van der Waals surface area contributed by atoms with Gasteiger partial charge < -0.3 is 9.88 Å². The quantitative estimate of drug-likeness (QED) is 0.823. The van der Waals surface area contributed by atoms with E-state index >= 15 is 0 Å². The Labute approximate surface area is 86.0 Å². The van der Waals surface area contributed by atoms with Gasteiger partial charge in [-0.05, 0) is 6.92 Å². The number of nitrogens with zero attached hydrogens (tertiary/aromatic N) is 4. The first kappa shape index (κ1) is 9.14. The van der Waals surface area contributed by atoms with Crippen molar-refractivity contribution in [2.45, 2.75) is 13.5 Å². The summed E-state index contributed by atoms with van der Waals surface area (Å²) in [5.41, 5.74) is 0.957. The molecule has 0 atom stereocenters. The first-order valence-electron chi connectivity index (χ1n) is 4.28. The molecule has 2 heterocycles. The Balaban J connectivity index is 2.22. The highest BCUT2D eigenvalue weighted by atomic mass is 32.1. The van der Waals surface area contributed by atoms with E-state index < -0.39 is 0 Å². The van der Waals surface area contributed by atoms with E-state index in [0.717, 1.165) is 23.1 Å². The van der Waals surface area contributed by atoms with Crippen LogP contribution >= 0.6 is 11.5 Å². The third-order valence-electron chi connectivity index (χ3n) is 2.03. The summed E-state index contributed by atoms with van der Waals surface area (Å²) in [4.78, 5) is 4.15. The molecule has 0 saturated heterocycles. The summed E-state index contributed by atoms with van der Waals surface area (Å²) in [6.07, 6.45) is 3.72. The summed E-state index contributed by atoms with van der Waals surface area (Å²) in [6, 6.07) is 0. The van der Waals surface area contributed by atoms with Crippen LogP contribution in [-0.4, -0.2) is 26.2 Å². The maximum Gasteiger partial charge on any atom is 0.134 e. The van der Waals surface area contributed by atoms with Crippen molar-refractivity contribution in [3.05, 3.63) is 23.9 Å². The Kier molecular flexibility index (Phi) is 2.45. The molecule has 0 aromatic carbocycles. The van der Waals surface area contributed by atoms with E-state index in [1.165, 1.54) is 11.5 Å². The van der Waals surface area contributed by atoms with Crippen molar-refractivity contribution >= 4 is 16.5 Å². The van der Waals surface area contributed by atoms with Crippen molar-refractivity contribution in [2.24, 2.45) is 0 Å². The summed E-state index contributed by atoms with van der Waals surface area (Å²) in [5, 5.41) is 8.14. The van der Waals surface area contributed by atoms with Crippen LogP contribution in [0.5, 0.6) is 0 Å². The fraction of sp³-hybridized carbons (Fsp3) is 0.375. The van der Waals surface area contributed by atoms with Crippen LogP contribution in [0, 0.1) is 6.92 Å². The number of aryl methyl sites for hydroxylation is 1. The van der Waals surface area contributed by atoms with Gasteiger partial charge in [-0.25, -0.2) is 4.98 Å². The molecule has 2 aromatic heterocycles. The fourth-order valence-corrected chi connectivity index (χ4v) is 1.76. The molecular weight excluding hydrogens is 198 g/mol. The Morgan fingerprint density at radius 3 is 3.07 bits per heavy atom. The van der Waals surface area contributed by atoms with E-state index in [0.29, 0.717) is 0 Å². The van der Waals surface area contributed by atoms with Gasteiger partial charge in [0.2, 0.25) is 0 Å². The number of hydrogen-bond acceptors (Lipinski definition) is 5. The van der Waals surface area contributed by atoms with Crippen molar-refractivity contribution in [2.75, 3.05) is 12.4 Å². The fourth-order valence-electron chi connectivity index (χ4n) is 1.23. The minimum Gasteiger partial charge on any atom is -0.377 e. The van der Waals surface area contributed by atoms with Crippen LogP contribution in [0.1, 0.15) is 11.5 Å². The van der Waals surface area contributed by atoms with Crippen LogP contribution in [0.4, 0.5) is 5.00 Å². The number of nitrogens with one attached hydrogen (secondary N) is 1. The lowest BCUT2D eigenvalue weighted by atomic mass is 10.4. The molecule has 0 aliphatic carbocycles. The molecule has 0 saturated carbocycles. The van der Waals surface area contributed by atoms with E-state index in [1.54, 1.807) is 6.20 Å². The molecule has 2 rings (SSSR count). The first-order valence-corrected chi connectivity index (χ1v) is 5.05. The maximum atomic E-state index is 4.15. The summed E-state index contributed by atoms with van der Waals surface area (Å²) in [7, 11) is 1.87. The molecule has 0 spiro atoms. The summed E-state index contributed by atoms with van der Waals surface area (Å²) in [5.74, 6) is 0.986. The minimum absolute atomic E-state index is 0.721. The highest BCUT2D eigenvalue weighted by Crippen LogP contribution is 2.17. The Hall–Kier alpha value is -1.43. The van der Waals surface area contributed by atoms with Crippen LogP contribution < -0.4 is 5.32 Å². The second-order valence-corrected chi connectivity index (χ2v) is 3.66. The molecule has 0 fully saturated rings. The maximum absolute atomic E-state index is 4.15. The molecule has 0 bridgehead atoms. The lowest BCUT2D eigenvalue weighted by Gasteiger charge is -2.03. The zero-order chi connectivity index (χ0) is 9.97. The largest absolute Gasteiger partial charge is 0.377 e. The van der Waals surface area contributed by atoms with Gasteiger partial charge >= 0.3 is 0 Å². The molecule has 6 heteroatoms. The van der Waals surface area contributed by atoms with Gasteiger partial charge in [-0.15, -0.1) is 5.10 Å². The van der Waals surface area contributed by atoms with Crippen molar-refractivity contribution in [1.82, 2.24) is 19.1 Å². The molecule has 0 radical (unpaired) electrons. The predicted octanol–water partition coefficient (Wildman–Crippen LogP) is 1.13. The average Bonchev–Trinajstić information content (AvgIpc) is 2.77. The molecule has 74 valence electrons. The number of hydrogen-bond donors (Lipinski definition) is 1. The molecule has 1 N–H and O–H groups in total. The zero-order valence-electron chi connectivity index (χ0n) is 8.06. The lowest BCUT2D eigenvalue weighted by Crippen LogP contribution is -2.03. The highest BCUT2D eigenvalue weighted by molar-refractivity contribution is 7.10. The van der Waals surface area contributed by atoms with E-state index in [1.807, 2.05) is 24.7 Å². The molecule has 2 aromatic rings. The Morgan fingerprint density at radius 2 is 2.43 bits per heavy atom. The van der Waals surface area contributed by atoms with Gasteiger partial charge in [0.1, 0.15) is 16.5 Å². The smallest absolute Gasteiger partial charge is 0.134 e. The number of aromatic nitrogens is 4. The summed E-state index contributed by atoms with van der Waals surface area (Å²) < 4.78 is 5.94. The SMILES string of the molecule is CNc1snnc1Cn1ccnc1C. The molecular formula is C8H11N5S. The minimum atomic E-state index is 0.721. The third kappa shape index (κ3) is 1.60. The van der Waals surface area contributed by atoms with Crippen molar-refractivity contribution in [3.8, 4) is 0 Å². The topological polar surface area (TPSA) is 55.6 Å². The van der Waals surface area contributed by atoms with Crippen LogP contribution in [0.25, 0.3) is 0 Å². The van der Waals surface area contributed by atoms with Crippen molar-refractivity contribution < 1.29 is 0 Å². The van der Waals surface area contributed by atoms with Crippen LogP contribution in [0.15, 0.2) is 12.4 Å². The van der Waals surface area contributed by atoms with Gasteiger partial charge in [0.15, 0.2) is 0 Å². The lowest BCUT2D eigenvalue weighted by molar-refractivity contribution is 0.739. The van der Waals surface area contributed by atoms with Gasteiger partial charge in [-0.1, -0.05) is 4.49 Å². The number of rotatable bonds is 3. The normalized spacial score (nSPS) is 10.4. The predicted molar refractivity (Wildman–Crippen MR) is 55.5 cm³/mol. The third-order valence-corrected chi connectivity index (χ3v) is 2.81. The monoisotopic (exact) mass is 209 g/mol. The van der Waals surface area contributed by atoms with Crippen molar-refractivity contribution in [3.63, 3.8) is 0 Å². The number of anilines is 1. The first-order chi connectivity index (χ1) is 6.81. The molecule has 0 unspecified atom stereocenters. The van der Waals surface area contributed by atoms with Crippen molar-refractivity contribution in [1.29, 1.82) is 0 Å². The molecule has 0 amide bonds. The Bertz CT molecular complexity index is 419. The molecule has 14 heavy (non-hydrogen) atoms. The zero-order valence-corrected chi connectivity index (χ0v) is 8.88. The van der Waals surface area contributed by atoms with E-state index in [9.17, 15) is 0 Å². The average molecular weight is 209 g/mol. The van der Waals surface area contributed by atoms with Crippen LogP contribution in [0.2, 0.25) is 0 Å². The molecule has 5 nitrogen and oxygen atoms in total. The van der Waals surface area contributed by atoms with Gasteiger partial charge in [0.25, 0.3) is 0 Å². The Morgan fingerprint density at radius 1 is 1.57 bits per heavy atom. The second kappa shape index (κ2) is 3.75. The van der Waals surface area contributed by atoms with E-state index in [4.69, 9.17) is 0 Å². The second-order valence-electron chi connectivity index (χ2n) is 2.90. The number of imidazole rings is 1. The van der Waals surface area contributed by atoms with Gasteiger partial charge in [-0.3, -0.25) is 0 Å². The van der Waals surface area contributed by atoms with E-state index in [2.05, 4.69) is 19.9 Å². The van der Waals surface area contributed by atoms with Crippen LogP contribution in [-0.2, 0) is 6.54 Å². The standard InChI is InChI=1S/C8H11N5S/c1-6-10-3-4-13(6)5-7-8(9-2)14-12-11-7/h3-4,9H,5H2,1-2H3. The highest BCUT2D eigenvalue weighted by Gasteiger charge is 2.07. The molecule has 0 aliphatic heterocycles. The van der Waals surface area contributed by atoms with Gasteiger partial charge in [0, 0.05) is 31.0 Å². The van der Waals surface area contributed by atoms with Gasteiger partial charge in [-0.2, -0.15) is 0 Å².